The van der Waals surface area contributed by atoms with Crippen molar-refractivity contribution in [3.63, 3.8) is 0 Å². The molecule has 0 aromatic carbocycles. The van der Waals surface area contributed by atoms with E-state index in [9.17, 15) is 43.5 Å². The zero-order valence-electron chi connectivity index (χ0n) is 77.8. The summed E-state index contributed by atoms with van der Waals surface area (Å²) in [5.74, 6) is -1.57. The molecule has 5 atom stereocenters. The molecule has 0 aromatic rings. The number of ether oxygens (including phenoxy) is 3. The maximum absolute atomic E-state index is 13.1. The van der Waals surface area contributed by atoms with Crippen LogP contribution in [0.25, 0.3) is 0 Å². The summed E-state index contributed by atoms with van der Waals surface area (Å²) in [7, 11) is -9.82. The average molecular weight is 1760 g/mol. The van der Waals surface area contributed by atoms with Gasteiger partial charge in [-0.3, -0.25) is 32.5 Å². The molecule has 0 saturated carbocycles. The van der Waals surface area contributed by atoms with Crippen molar-refractivity contribution in [2.45, 2.75) is 424 Å². The minimum absolute atomic E-state index is 0.0988. The monoisotopic (exact) mass is 1760 g/mol. The van der Waals surface area contributed by atoms with E-state index in [-0.39, 0.29) is 19.3 Å². The summed E-state index contributed by atoms with van der Waals surface area (Å²) >= 11 is 0. The zero-order chi connectivity index (χ0) is 89.3. The summed E-state index contributed by atoms with van der Waals surface area (Å²) in [5.41, 5.74) is 0. The molecule has 18 heteroatoms. The predicted molar refractivity (Wildman–Crippen MR) is 518 cm³/mol. The molecule has 0 heterocycles. The van der Waals surface area contributed by atoms with E-state index >= 15 is 0 Å². The van der Waals surface area contributed by atoms with Gasteiger partial charge in [0.2, 0.25) is 0 Å². The second-order valence-corrected chi connectivity index (χ2v) is 35.4. The summed E-state index contributed by atoms with van der Waals surface area (Å²) in [5, 5.41) is 20.8. The Labute approximate surface area is 751 Å². The van der Waals surface area contributed by atoms with Crippen molar-refractivity contribution >= 4 is 33.6 Å². The highest BCUT2D eigenvalue weighted by Crippen LogP contribution is 2.45. The van der Waals surface area contributed by atoms with E-state index in [1.165, 1.54) is 161 Å². The predicted octanol–water partition coefficient (Wildman–Crippen LogP) is 30.8. The second-order valence-electron chi connectivity index (χ2n) is 32.5. The van der Waals surface area contributed by atoms with Crippen molar-refractivity contribution in [2.75, 3.05) is 39.6 Å². The minimum Gasteiger partial charge on any atom is -0.463 e. The van der Waals surface area contributed by atoms with Crippen molar-refractivity contribution < 1.29 is 75.8 Å². The van der Waals surface area contributed by atoms with Gasteiger partial charge < -0.3 is 34.2 Å². The van der Waals surface area contributed by atoms with Crippen LogP contribution >= 0.6 is 15.6 Å². The van der Waals surface area contributed by atoms with Crippen LogP contribution in [-0.4, -0.2) is 95.9 Å². The Balaban J connectivity index is 4.67. The molecular formula is C105H178O16P2. The summed E-state index contributed by atoms with van der Waals surface area (Å²) in [4.78, 5) is 59.2. The number of carbonyl (C=O) groups excluding carboxylic acids is 3. The Morgan fingerprint density at radius 1 is 0.236 bits per heavy atom. The van der Waals surface area contributed by atoms with E-state index in [0.29, 0.717) is 19.3 Å². The first-order chi connectivity index (χ1) is 60.2. The molecule has 0 saturated heterocycles. The van der Waals surface area contributed by atoms with Crippen LogP contribution in [-0.2, 0) is 55.8 Å². The van der Waals surface area contributed by atoms with Gasteiger partial charge in [0.05, 0.1) is 26.4 Å². The maximum Gasteiger partial charge on any atom is 0.472 e. The fourth-order valence-electron chi connectivity index (χ4n) is 13.2. The van der Waals surface area contributed by atoms with Crippen LogP contribution in [0.4, 0.5) is 0 Å². The lowest BCUT2D eigenvalue weighted by Crippen LogP contribution is -2.30. The molecule has 0 aliphatic carbocycles. The zero-order valence-corrected chi connectivity index (χ0v) is 79.6. The fourth-order valence-corrected chi connectivity index (χ4v) is 14.8. The number of hydrogen-bond acceptors (Lipinski definition) is 14. The summed E-state index contributed by atoms with van der Waals surface area (Å²) < 4.78 is 61.6. The van der Waals surface area contributed by atoms with E-state index in [2.05, 4.69) is 203 Å². The SMILES string of the molecule is CC/C=C\C/C=C\C/C=C\C/C=C\C/C=C\C/C=C\CCCCCCCCCCCCC(=O)OCC(O)COP(=O)(O)OCC(O)COP(=O)(O)OCC(COC(=O)CCCCCCCCCCCCCCC/C=C\C/C=C\C/C=C\C/C=C\C/C=C\CC)OC(=O)CCCCCCCCCCCCCCC/C=C\C/C=C\C/C=C\C/C=C\CCCCC. The number of phosphoric ester groups is 2. The average Bonchev–Trinajstić information content (AvgIpc) is 0.896. The van der Waals surface area contributed by atoms with Gasteiger partial charge in [-0.1, -0.05) is 409 Å². The molecule has 0 bridgehead atoms. The van der Waals surface area contributed by atoms with Gasteiger partial charge in [-0.15, -0.1) is 0 Å². The third kappa shape index (κ3) is 97.1. The van der Waals surface area contributed by atoms with Gasteiger partial charge in [0, 0.05) is 19.3 Å². The van der Waals surface area contributed by atoms with Gasteiger partial charge in [-0.25, -0.2) is 9.13 Å². The molecule has 0 rings (SSSR count). The number of rotatable bonds is 92. The Bertz CT molecular complexity index is 2970. The van der Waals surface area contributed by atoms with Gasteiger partial charge in [0.15, 0.2) is 6.10 Å². The molecule has 0 aromatic heterocycles. The van der Waals surface area contributed by atoms with Gasteiger partial charge in [-0.05, 0) is 161 Å². The molecule has 0 amide bonds. The first-order valence-electron chi connectivity index (χ1n) is 49.1. The van der Waals surface area contributed by atoms with E-state index in [1.807, 2.05) is 0 Å². The fraction of sp³-hybridized carbons (Fsp3) is 0.686. The van der Waals surface area contributed by atoms with Gasteiger partial charge >= 0.3 is 33.6 Å². The maximum atomic E-state index is 13.1. The number of phosphoric acid groups is 2. The lowest BCUT2D eigenvalue weighted by atomic mass is 10.0. The smallest absolute Gasteiger partial charge is 0.463 e. The molecule has 123 heavy (non-hydrogen) atoms. The lowest BCUT2D eigenvalue weighted by molar-refractivity contribution is -0.161. The third-order valence-electron chi connectivity index (χ3n) is 20.6. The lowest BCUT2D eigenvalue weighted by Gasteiger charge is -2.21. The Morgan fingerprint density at radius 3 is 0.683 bits per heavy atom. The van der Waals surface area contributed by atoms with E-state index in [1.54, 1.807) is 0 Å². The molecule has 704 valence electrons. The van der Waals surface area contributed by atoms with Crippen molar-refractivity contribution in [2.24, 2.45) is 0 Å². The Morgan fingerprint density at radius 2 is 0.431 bits per heavy atom. The standard InChI is InChI=1S/C105H178O16P2/c1-4-7-10-13-16-19-22-25-28-31-34-37-40-43-46-49-52-55-58-61-64-67-70-73-76-79-82-85-88-91-103(108)115-94-100(106)95-117-122(111,112)118-96-101(107)97-119-123(113,114)120-99-102(121-105(110)93-90-87-84-81-78-75-72-69-66-63-60-57-54-51-48-45-42-39-36-33-30-27-24-21-18-15-12-9-6-3)98-116-104(109)92-89-86-83-80-77-74-71-68-65-62-59-56-53-50-47-44-41-38-35-32-29-26-23-20-17-14-11-8-5-2/h7-8,10-11,16-21,25-30,34-39,43-48,52,55,100-102,106-107H,4-6,9,12-15,22-24,31-33,40-42,49-51,53-54,56-99H2,1-3H3,(H,111,112)(H,113,114)/b10-7-,11-8-,19-16-,20-17-,21-18-,28-25-,29-26-,30-27-,37-34-,38-35-,39-36-,46-43-,47-44-,48-45-,55-52-. The van der Waals surface area contributed by atoms with Crippen molar-refractivity contribution in [3.05, 3.63) is 182 Å². The van der Waals surface area contributed by atoms with Crippen LogP contribution in [0.5, 0.6) is 0 Å². The second kappa shape index (κ2) is 95.7. The van der Waals surface area contributed by atoms with Gasteiger partial charge in [0.25, 0.3) is 0 Å². The normalized spacial score (nSPS) is 14.5. The first kappa shape index (κ1) is 118. The van der Waals surface area contributed by atoms with E-state index in [0.717, 1.165) is 186 Å². The van der Waals surface area contributed by atoms with Crippen LogP contribution in [0.2, 0.25) is 0 Å². The number of esters is 3. The molecular weight excluding hydrogens is 1580 g/mol. The van der Waals surface area contributed by atoms with Crippen molar-refractivity contribution in [1.82, 2.24) is 0 Å². The topological polar surface area (TPSA) is 231 Å². The molecule has 0 aliphatic heterocycles. The first-order valence-corrected chi connectivity index (χ1v) is 52.1. The largest absolute Gasteiger partial charge is 0.472 e. The molecule has 4 N–H and O–H groups in total. The van der Waals surface area contributed by atoms with E-state index in [4.69, 9.17) is 32.3 Å². The summed E-state index contributed by atoms with van der Waals surface area (Å²) in [6.07, 6.45) is 126. The highest BCUT2D eigenvalue weighted by molar-refractivity contribution is 7.47. The van der Waals surface area contributed by atoms with Crippen LogP contribution in [0.1, 0.15) is 406 Å². The van der Waals surface area contributed by atoms with E-state index < -0.39 is 91.5 Å². The number of aliphatic hydroxyl groups is 2. The van der Waals surface area contributed by atoms with Crippen LogP contribution in [0.15, 0.2) is 182 Å². The molecule has 0 fully saturated rings. The number of carbonyl (C=O) groups is 3. The number of aliphatic hydroxyl groups excluding tert-OH is 2. The number of allylic oxidation sites excluding steroid dienone is 30. The summed E-state index contributed by atoms with van der Waals surface area (Å²) in [6.45, 7) is 2.48. The molecule has 16 nitrogen and oxygen atoms in total. The van der Waals surface area contributed by atoms with Crippen LogP contribution in [0, 0.1) is 0 Å². The van der Waals surface area contributed by atoms with Crippen LogP contribution < -0.4 is 0 Å². The molecule has 5 unspecified atom stereocenters. The molecule has 0 radical (unpaired) electrons. The third-order valence-corrected chi connectivity index (χ3v) is 22.5. The Kier molecular flexibility index (Phi) is 91.6. The van der Waals surface area contributed by atoms with Crippen molar-refractivity contribution in [3.8, 4) is 0 Å². The van der Waals surface area contributed by atoms with Gasteiger partial charge in [-0.2, -0.15) is 0 Å². The minimum atomic E-state index is -4.95. The van der Waals surface area contributed by atoms with Crippen LogP contribution in [0.3, 0.4) is 0 Å². The number of unbranched alkanes of at least 4 members (excludes halogenated alkanes) is 39. The molecule has 0 aliphatic rings. The van der Waals surface area contributed by atoms with Gasteiger partial charge in [0.1, 0.15) is 25.4 Å². The Hall–Kier alpha value is -5.35. The quantitative estimate of drug-likeness (QED) is 0.0146. The molecule has 0 spiro atoms. The number of hydrogen-bond donors (Lipinski definition) is 4. The highest BCUT2D eigenvalue weighted by Gasteiger charge is 2.30. The summed E-state index contributed by atoms with van der Waals surface area (Å²) in [6, 6.07) is 0. The highest BCUT2D eigenvalue weighted by atomic mass is 31.2. The van der Waals surface area contributed by atoms with Crippen molar-refractivity contribution in [1.29, 1.82) is 0 Å².